The van der Waals surface area contributed by atoms with Crippen molar-refractivity contribution in [3.8, 4) is 5.75 Å². The number of carbonyl (C=O) groups excluding carboxylic acids is 2. The van der Waals surface area contributed by atoms with Crippen LogP contribution in [0.3, 0.4) is 0 Å². The molecule has 2 N–H and O–H groups in total. The molecule has 0 bridgehead atoms. The van der Waals surface area contributed by atoms with Crippen LogP contribution < -0.4 is 15.4 Å². The molecule has 0 spiro atoms. The molecule has 0 aromatic heterocycles. The molecule has 0 fully saturated rings. The van der Waals surface area contributed by atoms with Gasteiger partial charge in [0.05, 0.1) is 16.1 Å². The number of nitrogens with zero attached hydrogens (tertiary/aromatic N) is 1. The molecule has 0 atom stereocenters. The third-order valence-corrected chi connectivity index (χ3v) is 4.43. The highest BCUT2D eigenvalue weighted by Crippen LogP contribution is 2.33. The second-order valence-corrected chi connectivity index (χ2v) is 6.38. The van der Waals surface area contributed by atoms with Crippen LogP contribution in [-0.4, -0.2) is 16.7 Å². The van der Waals surface area contributed by atoms with E-state index in [-0.39, 0.29) is 22.5 Å². The smallest absolute Gasteiger partial charge is 0.293 e. The van der Waals surface area contributed by atoms with Crippen molar-refractivity contribution in [3.63, 3.8) is 0 Å². The van der Waals surface area contributed by atoms with Crippen molar-refractivity contribution in [2.75, 3.05) is 5.32 Å². The first kappa shape index (κ1) is 18.2. The zero-order valence-corrected chi connectivity index (χ0v) is 15.0. The fraction of sp³-hybridized carbons (Fsp3) is 0.0476. The number of imide groups is 1. The fourth-order valence-electron chi connectivity index (χ4n) is 2.98. The maximum absolute atomic E-state index is 11.8. The normalized spacial score (nSPS) is 12.3. The summed E-state index contributed by atoms with van der Waals surface area (Å²) in [5.74, 6) is -0.569. The number of nitrogens with one attached hydrogen (secondary N) is 2. The van der Waals surface area contributed by atoms with Crippen LogP contribution in [0.4, 0.5) is 17.1 Å². The highest BCUT2D eigenvalue weighted by molar-refractivity contribution is 6.22. The molecular weight excluding hydrogens is 374 g/mol. The third kappa shape index (κ3) is 3.77. The Labute approximate surface area is 165 Å². The SMILES string of the molecule is O=C1NC(=O)c2cc([N+](=O)[O-])c(Nc3ccc(OCc4ccccc4)cc3)cc21. The summed E-state index contributed by atoms with van der Waals surface area (Å²) in [5.41, 5.74) is 1.54. The summed E-state index contributed by atoms with van der Waals surface area (Å²) in [6, 6.07) is 19.0. The molecule has 3 aromatic rings. The molecule has 3 aromatic carbocycles. The Bertz CT molecular complexity index is 1110. The first-order valence-electron chi connectivity index (χ1n) is 8.73. The average molecular weight is 389 g/mol. The fourth-order valence-corrected chi connectivity index (χ4v) is 2.98. The lowest BCUT2D eigenvalue weighted by Gasteiger charge is -2.10. The van der Waals surface area contributed by atoms with Crippen LogP contribution in [0.5, 0.6) is 5.75 Å². The van der Waals surface area contributed by atoms with E-state index in [9.17, 15) is 19.7 Å². The van der Waals surface area contributed by atoms with Gasteiger partial charge in [-0.15, -0.1) is 0 Å². The van der Waals surface area contributed by atoms with Crippen molar-refractivity contribution in [2.24, 2.45) is 0 Å². The van der Waals surface area contributed by atoms with Gasteiger partial charge in [0.1, 0.15) is 18.0 Å². The van der Waals surface area contributed by atoms with E-state index in [0.29, 0.717) is 18.0 Å². The van der Waals surface area contributed by atoms with E-state index in [1.165, 1.54) is 6.07 Å². The number of nitro groups is 1. The molecule has 4 rings (SSSR count). The summed E-state index contributed by atoms with van der Waals surface area (Å²) in [5, 5.41) is 16.5. The minimum Gasteiger partial charge on any atom is -0.489 e. The van der Waals surface area contributed by atoms with Crippen molar-refractivity contribution in [1.29, 1.82) is 0 Å². The Morgan fingerprint density at radius 2 is 1.59 bits per heavy atom. The Morgan fingerprint density at radius 1 is 0.931 bits per heavy atom. The summed E-state index contributed by atoms with van der Waals surface area (Å²) in [4.78, 5) is 34.4. The zero-order valence-electron chi connectivity index (χ0n) is 15.0. The Morgan fingerprint density at radius 3 is 2.24 bits per heavy atom. The minimum atomic E-state index is -0.639. The summed E-state index contributed by atoms with van der Waals surface area (Å²) >= 11 is 0. The molecule has 0 aliphatic carbocycles. The van der Waals surface area contributed by atoms with Gasteiger partial charge in [0.2, 0.25) is 0 Å². The van der Waals surface area contributed by atoms with E-state index in [4.69, 9.17) is 4.74 Å². The molecule has 1 aliphatic heterocycles. The second-order valence-electron chi connectivity index (χ2n) is 6.38. The van der Waals surface area contributed by atoms with Crippen molar-refractivity contribution >= 4 is 28.9 Å². The highest BCUT2D eigenvalue weighted by Gasteiger charge is 2.31. The molecule has 1 aliphatic rings. The zero-order chi connectivity index (χ0) is 20.4. The Hall–Kier alpha value is -4.20. The first-order chi connectivity index (χ1) is 14.0. The number of nitro benzene ring substituents is 1. The van der Waals surface area contributed by atoms with E-state index in [1.54, 1.807) is 24.3 Å². The number of fused-ring (bicyclic) bond motifs is 1. The van der Waals surface area contributed by atoms with Crippen molar-refractivity contribution in [1.82, 2.24) is 5.32 Å². The predicted molar refractivity (Wildman–Crippen MR) is 105 cm³/mol. The van der Waals surface area contributed by atoms with E-state index in [1.807, 2.05) is 30.3 Å². The van der Waals surface area contributed by atoms with Crippen molar-refractivity contribution in [3.05, 3.63) is 93.5 Å². The largest absolute Gasteiger partial charge is 0.489 e. The van der Waals surface area contributed by atoms with E-state index in [0.717, 1.165) is 11.6 Å². The lowest BCUT2D eigenvalue weighted by molar-refractivity contribution is -0.383. The minimum absolute atomic E-state index is 0.00286. The van der Waals surface area contributed by atoms with Gasteiger partial charge in [-0.25, -0.2) is 0 Å². The first-order valence-corrected chi connectivity index (χ1v) is 8.73. The lowest BCUT2D eigenvalue weighted by Crippen LogP contribution is -2.19. The molecule has 144 valence electrons. The van der Waals surface area contributed by atoms with Crippen molar-refractivity contribution < 1.29 is 19.2 Å². The van der Waals surface area contributed by atoms with Crippen LogP contribution >= 0.6 is 0 Å². The number of amides is 2. The van der Waals surface area contributed by atoms with Gasteiger partial charge in [-0.2, -0.15) is 0 Å². The third-order valence-electron chi connectivity index (χ3n) is 4.43. The van der Waals surface area contributed by atoms with Crippen LogP contribution in [-0.2, 0) is 6.61 Å². The quantitative estimate of drug-likeness (QED) is 0.377. The summed E-state index contributed by atoms with van der Waals surface area (Å²) in [6.07, 6.45) is 0. The van der Waals surface area contributed by atoms with Gasteiger partial charge < -0.3 is 10.1 Å². The molecule has 0 saturated heterocycles. The van der Waals surface area contributed by atoms with Gasteiger partial charge in [0.25, 0.3) is 17.5 Å². The maximum atomic E-state index is 11.8. The molecule has 0 radical (unpaired) electrons. The van der Waals surface area contributed by atoms with Crippen LogP contribution in [0.15, 0.2) is 66.7 Å². The molecule has 0 saturated carbocycles. The summed E-state index contributed by atoms with van der Waals surface area (Å²) < 4.78 is 5.72. The monoisotopic (exact) mass is 389 g/mol. The molecular formula is C21H15N3O5. The number of carbonyl (C=O) groups is 2. The number of rotatable bonds is 6. The predicted octanol–water partition coefficient (Wildman–Crippen LogP) is 3.80. The van der Waals surface area contributed by atoms with Gasteiger partial charge in [-0.05, 0) is 35.9 Å². The molecule has 2 amide bonds. The summed E-state index contributed by atoms with van der Waals surface area (Å²) in [6.45, 7) is 0.424. The van der Waals surface area contributed by atoms with Crippen LogP contribution in [0.2, 0.25) is 0 Å². The van der Waals surface area contributed by atoms with Crippen LogP contribution in [0, 0.1) is 10.1 Å². The average Bonchev–Trinajstić information content (AvgIpc) is 3.00. The van der Waals surface area contributed by atoms with Gasteiger partial charge in [0, 0.05) is 11.8 Å². The number of hydrogen-bond acceptors (Lipinski definition) is 6. The molecule has 1 heterocycles. The molecule has 8 nitrogen and oxygen atoms in total. The Balaban J connectivity index is 1.53. The number of ether oxygens (including phenoxy) is 1. The van der Waals surface area contributed by atoms with Gasteiger partial charge in [-0.1, -0.05) is 30.3 Å². The Kier molecular flexibility index (Phi) is 4.66. The van der Waals surface area contributed by atoms with Gasteiger partial charge in [-0.3, -0.25) is 25.0 Å². The van der Waals surface area contributed by atoms with Crippen molar-refractivity contribution in [2.45, 2.75) is 6.61 Å². The van der Waals surface area contributed by atoms with Gasteiger partial charge in [0.15, 0.2) is 0 Å². The van der Waals surface area contributed by atoms with E-state index in [2.05, 4.69) is 10.6 Å². The van der Waals surface area contributed by atoms with Gasteiger partial charge >= 0.3 is 0 Å². The number of hydrogen-bond donors (Lipinski definition) is 2. The lowest BCUT2D eigenvalue weighted by atomic mass is 10.1. The molecule has 29 heavy (non-hydrogen) atoms. The highest BCUT2D eigenvalue weighted by atomic mass is 16.6. The van der Waals surface area contributed by atoms with Crippen LogP contribution in [0.25, 0.3) is 0 Å². The standard InChI is InChI=1S/C21H15N3O5/c25-20-16-10-18(19(24(27)28)11-17(16)21(26)23-20)22-14-6-8-15(9-7-14)29-12-13-4-2-1-3-5-13/h1-11,22H,12H2,(H,23,25,26). The van der Waals surface area contributed by atoms with E-state index < -0.39 is 16.7 Å². The van der Waals surface area contributed by atoms with Crippen LogP contribution in [0.1, 0.15) is 26.3 Å². The van der Waals surface area contributed by atoms with E-state index >= 15 is 0 Å². The topological polar surface area (TPSA) is 111 Å². The second kappa shape index (κ2) is 7.43. The maximum Gasteiger partial charge on any atom is 0.293 e. The number of anilines is 2. The molecule has 0 unspecified atom stereocenters. The number of benzene rings is 3. The summed E-state index contributed by atoms with van der Waals surface area (Å²) in [7, 11) is 0. The molecule has 8 heteroatoms.